The molecule has 3 heterocycles. The zero-order chi connectivity index (χ0) is 24.7. The van der Waals surface area contributed by atoms with Gasteiger partial charge in [-0.25, -0.2) is 9.67 Å². The summed E-state index contributed by atoms with van der Waals surface area (Å²) in [6.07, 6.45) is 0. The summed E-state index contributed by atoms with van der Waals surface area (Å²) < 4.78 is 4.38. The summed E-state index contributed by atoms with van der Waals surface area (Å²) in [6, 6.07) is 34.4. The fraction of sp³-hybridized carbons (Fsp3) is 0.0909. The molecule has 4 aromatic carbocycles. The Morgan fingerprint density at radius 1 is 0.649 bits per heavy atom. The van der Waals surface area contributed by atoms with Gasteiger partial charge in [0.05, 0.1) is 16.6 Å². The smallest absolute Gasteiger partial charge is 0.166 e. The SMILES string of the molecule is CCn1c2ccccc2c2c3c4c(nn(-c5ccccc5)c4nc21)-c1ccccc1-c1cccc(C)c1-3. The van der Waals surface area contributed by atoms with Crippen LogP contribution in [-0.4, -0.2) is 19.3 Å². The first kappa shape index (κ1) is 20.5. The van der Waals surface area contributed by atoms with E-state index >= 15 is 0 Å². The minimum absolute atomic E-state index is 0.842. The minimum atomic E-state index is 0.842. The van der Waals surface area contributed by atoms with Crippen LogP contribution in [0.3, 0.4) is 0 Å². The maximum Gasteiger partial charge on any atom is 0.166 e. The van der Waals surface area contributed by atoms with Crippen molar-refractivity contribution in [1.29, 1.82) is 0 Å². The molecule has 0 aliphatic heterocycles. The number of para-hydroxylation sites is 2. The van der Waals surface area contributed by atoms with E-state index in [1.165, 1.54) is 44.1 Å². The Morgan fingerprint density at radius 2 is 1.38 bits per heavy atom. The quantitative estimate of drug-likeness (QED) is 0.252. The van der Waals surface area contributed by atoms with Crippen molar-refractivity contribution in [2.24, 2.45) is 0 Å². The van der Waals surface area contributed by atoms with Crippen LogP contribution in [0.5, 0.6) is 0 Å². The van der Waals surface area contributed by atoms with Gasteiger partial charge in [-0.05, 0) is 54.3 Å². The van der Waals surface area contributed by atoms with Gasteiger partial charge in [-0.1, -0.05) is 78.9 Å². The molecule has 0 saturated carbocycles. The van der Waals surface area contributed by atoms with E-state index in [1.807, 2.05) is 10.7 Å². The van der Waals surface area contributed by atoms with Gasteiger partial charge in [0.25, 0.3) is 0 Å². The number of rotatable bonds is 2. The minimum Gasteiger partial charge on any atom is -0.325 e. The largest absolute Gasteiger partial charge is 0.325 e. The molecule has 4 heteroatoms. The van der Waals surface area contributed by atoms with Crippen molar-refractivity contribution in [3.8, 4) is 39.2 Å². The van der Waals surface area contributed by atoms with E-state index in [1.54, 1.807) is 0 Å². The van der Waals surface area contributed by atoms with Crippen LogP contribution in [-0.2, 0) is 6.54 Å². The average molecular weight is 477 g/mol. The number of benzene rings is 4. The Bertz CT molecular complexity index is 2030. The topological polar surface area (TPSA) is 35.6 Å². The fourth-order valence-corrected chi connectivity index (χ4v) is 6.28. The normalized spacial score (nSPS) is 12.2. The van der Waals surface area contributed by atoms with Crippen molar-refractivity contribution in [2.45, 2.75) is 20.4 Å². The van der Waals surface area contributed by atoms with Crippen molar-refractivity contribution >= 4 is 33.0 Å². The van der Waals surface area contributed by atoms with Crippen molar-refractivity contribution in [3.63, 3.8) is 0 Å². The lowest BCUT2D eigenvalue weighted by Gasteiger charge is -2.15. The lowest BCUT2D eigenvalue weighted by Crippen LogP contribution is -2.01. The van der Waals surface area contributed by atoms with Gasteiger partial charge in [-0.15, -0.1) is 0 Å². The molecule has 1 aliphatic rings. The molecular formula is C33H24N4. The van der Waals surface area contributed by atoms with Crippen LogP contribution in [0.4, 0.5) is 0 Å². The Hall–Kier alpha value is -4.70. The molecule has 4 nitrogen and oxygen atoms in total. The maximum absolute atomic E-state index is 5.41. The lowest BCUT2D eigenvalue weighted by molar-refractivity contribution is 0.815. The standard InChI is InChI=1S/C33H24N4/c1-3-36-26-19-10-9-17-25(26)28-29-27-20(2)12-11-18-23(27)22-15-7-8-16-24(22)31-30(29)33(34-32(28)36)37(35-31)21-13-5-4-6-14-21/h4-19H,3H2,1-2H3. The highest BCUT2D eigenvalue weighted by molar-refractivity contribution is 6.25. The average Bonchev–Trinajstić information content (AvgIpc) is 3.44. The van der Waals surface area contributed by atoms with Crippen LogP contribution in [0.25, 0.3) is 72.2 Å². The molecule has 0 amide bonds. The third-order valence-electron chi connectivity index (χ3n) is 7.83. The zero-order valence-electron chi connectivity index (χ0n) is 20.7. The number of fused-ring (bicyclic) bond motifs is 9. The summed E-state index contributed by atoms with van der Waals surface area (Å²) in [4.78, 5) is 5.41. The molecule has 1 aliphatic carbocycles. The van der Waals surface area contributed by atoms with Crippen molar-refractivity contribution in [3.05, 3.63) is 103 Å². The van der Waals surface area contributed by atoms with Crippen molar-refractivity contribution < 1.29 is 0 Å². The van der Waals surface area contributed by atoms with Crippen LogP contribution in [0.2, 0.25) is 0 Å². The number of pyridine rings is 1. The molecule has 0 unspecified atom stereocenters. The summed E-state index contributed by atoms with van der Waals surface area (Å²) in [5, 5.41) is 8.86. The molecule has 176 valence electrons. The molecule has 37 heavy (non-hydrogen) atoms. The predicted molar refractivity (Wildman–Crippen MR) is 152 cm³/mol. The van der Waals surface area contributed by atoms with Gasteiger partial charge >= 0.3 is 0 Å². The van der Waals surface area contributed by atoms with Gasteiger partial charge in [-0.3, -0.25) is 0 Å². The highest BCUT2D eigenvalue weighted by atomic mass is 15.3. The Kier molecular flexibility index (Phi) is 4.10. The summed E-state index contributed by atoms with van der Waals surface area (Å²) in [6.45, 7) is 5.27. The van der Waals surface area contributed by atoms with E-state index in [0.29, 0.717) is 0 Å². The number of aromatic nitrogens is 4. The highest BCUT2D eigenvalue weighted by Crippen LogP contribution is 2.51. The van der Waals surface area contributed by atoms with Gasteiger partial charge in [0.15, 0.2) is 5.65 Å². The van der Waals surface area contributed by atoms with Crippen LogP contribution in [0, 0.1) is 6.92 Å². The molecule has 0 saturated heterocycles. The first-order valence-electron chi connectivity index (χ1n) is 12.8. The first-order valence-corrected chi connectivity index (χ1v) is 12.8. The fourth-order valence-electron chi connectivity index (χ4n) is 6.28. The Labute approximate surface area is 214 Å². The number of hydrogen-bond acceptors (Lipinski definition) is 2. The van der Waals surface area contributed by atoms with Gasteiger partial charge < -0.3 is 4.57 Å². The third kappa shape index (κ3) is 2.62. The zero-order valence-corrected chi connectivity index (χ0v) is 20.7. The second-order valence-electron chi connectivity index (χ2n) is 9.78. The molecule has 3 aromatic heterocycles. The summed E-state index contributed by atoms with van der Waals surface area (Å²) in [5.41, 5.74) is 12.5. The second kappa shape index (κ2) is 7.40. The van der Waals surface area contributed by atoms with Gasteiger partial charge in [0.2, 0.25) is 0 Å². The summed E-state index contributed by atoms with van der Waals surface area (Å²) in [7, 11) is 0. The van der Waals surface area contributed by atoms with E-state index in [0.717, 1.165) is 40.2 Å². The molecule has 0 atom stereocenters. The number of hydrogen-bond donors (Lipinski definition) is 0. The summed E-state index contributed by atoms with van der Waals surface area (Å²) >= 11 is 0. The van der Waals surface area contributed by atoms with E-state index < -0.39 is 0 Å². The van der Waals surface area contributed by atoms with E-state index in [2.05, 4.69) is 109 Å². The van der Waals surface area contributed by atoms with Crippen LogP contribution < -0.4 is 0 Å². The predicted octanol–water partition coefficient (Wildman–Crippen LogP) is 8.17. The van der Waals surface area contributed by atoms with E-state index in [4.69, 9.17) is 10.1 Å². The molecule has 0 fully saturated rings. The highest BCUT2D eigenvalue weighted by Gasteiger charge is 2.31. The van der Waals surface area contributed by atoms with Crippen molar-refractivity contribution in [2.75, 3.05) is 0 Å². The van der Waals surface area contributed by atoms with E-state index in [-0.39, 0.29) is 0 Å². The Balaban J connectivity index is 1.72. The van der Waals surface area contributed by atoms with Gasteiger partial charge in [0, 0.05) is 28.4 Å². The summed E-state index contributed by atoms with van der Waals surface area (Å²) in [5.74, 6) is 0. The molecule has 0 bridgehead atoms. The molecular weight excluding hydrogens is 452 g/mol. The number of aryl methyl sites for hydroxylation is 2. The van der Waals surface area contributed by atoms with Crippen LogP contribution in [0.1, 0.15) is 12.5 Å². The van der Waals surface area contributed by atoms with Crippen molar-refractivity contribution in [1.82, 2.24) is 19.3 Å². The van der Waals surface area contributed by atoms with Crippen LogP contribution >= 0.6 is 0 Å². The molecule has 0 N–H and O–H groups in total. The molecule has 8 rings (SSSR count). The molecule has 7 aromatic rings. The second-order valence-corrected chi connectivity index (χ2v) is 9.78. The molecule has 0 radical (unpaired) electrons. The van der Waals surface area contributed by atoms with Crippen LogP contribution in [0.15, 0.2) is 97.1 Å². The number of nitrogens with zero attached hydrogens (tertiary/aromatic N) is 4. The molecule has 0 spiro atoms. The monoisotopic (exact) mass is 476 g/mol. The van der Waals surface area contributed by atoms with Gasteiger partial charge in [-0.2, -0.15) is 5.10 Å². The maximum atomic E-state index is 5.41. The third-order valence-corrected chi connectivity index (χ3v) is 7.83. The van der Waals surface area contributed by atoms with Gasteiger partial charge in [0.1, 0.15) is 11.3 Å². The van der Waals surface area contributed by atoms with E-state index in [9.17, 15) is 0 Å². The Morgan fingerprint density at radius 3 is 2.22 bits per heavy atom. The lowest BCUT2D eigenvalue weighted by atomic mass is 9.89. The first-order chi connectivity index (χ1) is 18.3.